The number of nitrogens with two attached hydrogens (primary N) is 1. The summed E-state index contributed by atoms with van der Waals surface area (Å²) in [5.41, 5.74) is 9.60. The van der Waals surface area contributed by atoms with Gasteiger partial charge in [0.05, 0.1) is 11.8 Å². The van der Waals surface area contributed by atoms with Crippen LogP contribution in [0.1, 0.15) is 21.5 Å². The molecule has 1 aliphatic heterocycles. The molecule has 0 saturated carbocycles. The van der Waals surface area contributed by atoms with Crippen LogP contribution in [0.4, 0.5) is 5.69 Å². The summed E-state index contributed by atoms with van der Waals surface area (Å²) < 4.78 is 1.64. The number of carbonyl (C=O) groups is 1. The van der Waals surface area contributed by atoms with Crippen molar-refractivity contribution in [2.24, 2.45) is 7.05 Å². The Kier molecular flexibility index (Phi) is 2.74. The Bertz CT molecular complexity index is 632. The summed E-state index contributed by atoms with van der Waals surface area (Å²) in [4.78, 5) is 14.2. The molecule has 0 fully saturated rings. The molecule has 5 heteroatoms. The van der Waals surface area contributed by atoms with E-state index < -0.39 is 0 Å². The molecule has 0 atom stereocenters. The van der Waals surface area contributed by atoms with Crippen molar-refractivity contribution in [1.82, 2.24) is 14.7 Å². The zero-order chi connectivity index (χ0) is 13.4. The van der Waals surface area contributed by atoms with Gasteiger partial charge in [-0.1, -0.05) is 6.07 Å². The number of carbonyl (C=O) groups excluding carboxylic acids is 1. The molecule has 0 bridgehead atoms. The molecule has 0 saturated heterocycles. The summed E-state index contributed by atoms with van der Waals surface area (Å²) in [7, 11) is 1.81. The van der Waals surface area contributed by atoms with Crippen molar-refractivity contribution in [3.63, 3.8) is 0 Å². The lowest BCUT2D eigenvalue weighted by molar-refractivity contribution is 0.0734. The van der Waals surface area contributed by atoms with Crippen molar-refractivity contribution >= 4 is 11.6 Å². The maximum atomic E-state index is 12.3. The second-order valence-electron chi connectivity index (χ2n) is 4.91. The van der Waals surface area contributed by atoms with Gasteiger partial charge in [0.1, 0.15) is 0 Å². The highest BCUT2D eigenvalue weighted by Gasteiger charge is 2.22. The third-order valence-corrected chi connectivity index (χ3v) is 3.48. The van der Waals surface area contributed by atoms with Gasteiger partial charge in [-0.15, -0.1) is 0 Å². The average Bonchev–Trinajstić information content (AvgIpc) is 2.83. The summed E-state index contributed by atoms with van der Waals surface area (Å²) in [6, 6.07) is 5.92. The second-order valence-corrected chi connectivity index (χ2v) is 4.91. The minimum atomic E-state index is 0.0289. The van der Waals surface area contributed by atoms with Crippen molar-refractivity contribution < 1.29 is 4.79 Å². The van der Waals surface area contributed by atoms with E-state index in [1.54, 1.807) is 17.1 Å². The largest absolute Gasteiger partial charge is 0.399 e. The minimum absolute atomic E-state index is 0.0289. The van der Waals surface area contributed by atoms with Crippen LogP contribution < -0.4 is 5.73 Å². The van der Waals surface area contributed by atoms with Crippen LogP contribution in [0.3, 0.4) is 0 Å². The lowest BCUT2D eigenvalue weighted by Gasteiger charge is -2.28. The molecule has 1 aromatic carbocycles. The third-order valence-electron chi connectivity index (χ3n) is 3.48. The smallest absolute Gasteiger partial charge is 0.257 e. The molecule has 2 heterocycles. The first kappa shape index (κ1) is 11.8. The van der Waals surface area contributed by atoms with Gasteiger partial charge < -0.3 is 10.6 Å². The molecular weight excluding hydrogens is 240 g/mol. The molecule has 0 radical (unpaired) electrons. The van der Waals surface area contributed by atoms with Crippen molar-refractivity contribution in [1.29, 1.82) is 0 Å². The Morgan fingerprint density at radius 1 is 1.37 bits per heavy atom. The van der Waals surface area contributed by atoms with Crippen molar-refractivity contribution in [3.8, 4) is 0 Å². The summed E-state index contributed by atoms with van der Waals surface area (Å²) in [6.07, 6.45) is 4.23. The van der Waals surface area contributed by atoms with Gasteiger partial charge in [-0.25, -0.2) is 0 Å². The number of amides is 1. The highest BCUT2D eigenvalue weighted by molar-refractivity contribution is 5.93. The van der Waals surface area contributed by atoms with Crippen molar-refractivity contribution in [2.45, 2.75) is 13.0 Å². The molecule has 2 N–H and O–H groups in total. The van der Waals surface area contributed by atoms with Gasteiger partial charge in [0, 0.05) is 32.0 Å². The fourth-order valence-corrected chi connectivity index (χ4v) is 2.46. The van der Waals surface area contributed by atoms with Crippen LogP contribution in [0.2, 0.25) is 0 Å². The fourth-order valence-electron chi connectivity index (χ4n) is 2.46. The number of rotatable bonds is 1. The van der Waals surface area contributed by atoms with E-state index in [0.29, 0.717) is 12.1 Å². The zero-order valence-electron chi connectivity index (χ0n) is 10.8. The van der Waals surface area contributed by atoms with Crippen LogP contribution in [-0.4, -0.2) is 27.1 Å². The van der Waals surface area contributed by atoms with Gasteiger partial charge in [0.25, 0.3) is 5.91 Å². The lowest BCUT2D eigenvalue weighted by Crippen LogP contribution is -2.35. The van der Waals surface area contributed by atoms with Crippen LogP contribution in [0.25, 0.3) is 0 Å². The van der Waals surface area contributed by atoms with Crippen LogP contribution in [0.15, 0.2) is 30.6 Å². The van der Waals surface area contributed by atoms with E-state index in [4.69, 9.17) is 5.73 Å². The SMILES string of the molecule is Cn1cc(C(=O)N2CCc3ccc(N)cc3C2)cn1. The number of hydrogen-bond donors (Lipinski definition) is 1. The van der Waals surface area contributed by atoms with E-state index in [1.807, 2.05) is 24.1 Å². The maximum Gasteiger partial charge on any atom is 0.257 e. The highest BCUT2D eigenvalue weighted by Crippen LogP contribution is 2.22. The molecule has 1 aliphatic rings. The number of aromatic nitrogens is 2. The quantitative estimate of drug-likeness (QED) is 0.780. The Morgan fingerprint density at radius 3 is 2.95 bits per heavy atom. The maximum absolute atomic E-state index is 12.3. The van der Waals surface area contributed by atoms with Crippen LogP contribution >= 0.6 is 0 Å². The van der Waals surface area contributed by atoms with Crippen molar-refractivity contribution in [3.05, 3.63) is 47.3 Å². The number of nitrogen functional groups attached to an aromatic ring is 1. The molecule has 0 aliphatic carbocycles. The predicted molar refractivity (Wildman–Crippen MR) is 72.5 cm³/mol. The first-order valence-electron chi connectivity index (χ1n) is 6.28. The molecule has 0 spiro atoms. The van der Waals surface area contributed by atoms with Gasteiger partial charge >= 0.3 is 0 Å². The molecular formula is C14H16N4O. The van der Waals surface area contributed by atoms with Gasteiger partial charge in [0.15, 0.2) is 0 Å². The summed E-state index contributed by atoms with van der Waals surface area (Å²) >= 11 is 0. The molecule has 0 unspecified atom stereocenters. The zero-order valence-corrected chi connectivity index (χ0v) is 10.8. The summed E-state index contributed by atoms with van der Waals surface area (Å²) in [5.74, 6) is 0.0289. The predicted octanol–water partition coefficient (Wildman–Crippen LogP) is 1.20. The van der Waals surface area contributed by atoms with Crippen molar-refractivity contribution in [2.75, 3.05) is 12.3 Å². The molecule has 5 nitrogen and oxygen atoms in total. The van der Waals surface area contributed by atoms with Gasteiger partial charge in [-0.05, 0) is 29.7 Å². The summed E-state index contributed by atoms with van der Waals surface area (Å²) in [6.45, 7) is 1.36. The Labute approximate surface area is 111 Å². The van der Waals surface area contributed by atoms with E-state index >= 15 is 0 Å². The number of benzene rings is 1. The number of fused-ring (bicyclic) bond motifs is 1. The monoisotopic (exact) mass is 256 g/mol. The standard InChI is InChI=1S/C14H16N4O/c1-17-8-12(7-16-17)14(19)18-5-4-10-2-3-13(15)6-11(10)9-18/h2-3,6-8H,4-5,9,15H2,1H3. The number of hydrogen-bond acceptors (Lipinski definition) is 3. The van der Waals surface area contributed by atoms with E-state index in [9.17, 15) is 4.79 Å². The molecule has 2 aromatic rings. The first-order chi connectivity index (χ1) is 9.13. The minimum Gasteiger partial charge on any atom is -0.399 e. The highest BCUT2D eigenvalue weighted by atomic mass is 16.2. The number of anilines is 1. The van der Waals surface area contributed by atoms with Crippen LogP contribution in [0.5, 0.6) is 0 Å². The Hall–Kier alpha value is -2.30. The fraction of sp³-hybridized carbons (Fsp3) is 0.286. The number of aryl methyl sites for hydroxylation is 1. The number of nitrogens with zero attached hydrogens (tertiary/aromatic N) is 3. The normalized spacial score (nSPS) is 14.3. The van der Waals surface area contributed by atoms with Crippen LogP contribution in [0, 0.1) is 0 Å². The second kappa shape index (κ2) is 4.42. The molecule has 98 valence electrons. The molecule has 3 rings (SSSR count). The van der Waals surface area contributed by atoms with E-state index in [0.717, 1.165) is 24.2 Å². The average molecular weight is 256 g/mol. The summed E-state index contributed by atoms with van der Waals surface area (Å²) in [5, 5.41) is 4.04. The Balaban J connectivity index is 1.83. The lowest BCUT2D eigenvalue weighted by atomic mass is 9.99. The van der Waals surface area contributed by atoms with Gasteiger partial charge in [-0.2, -0.15) is 5.10 Å². The molecule has 1 amide bonds. The topological polar surface area (TPSA) is 64.2 Å². The Morgan fingerprint density at radius 2 is 2.21 bits per heavy atom. The van der Waals surface area contributed by atoms with Crippen LogP contribution in [-0.2, 0) is 20.0 Å². The van der Waals surface area contributed by atoms with Gasteiger partial charge in [0.2, 0.25) is 0 Å². The van der Waals surface area contributed by atoms with E-state index in [2.05, 4.69) is 11.2 Å². The van der Waals surface area contributed by atoms with E-state index in [-0.39, 0.29) is 5.91 Å². The van der Waals surface area contributed by atoms with Gasteiger partial charge in [-0.3, -0.25) is 9.48 Å². The van der Waals surface area contributed by atoms with E-state index in [1.165, 1.54) is 5.56 Å². The third kappa shape index (κ3) is 2.19. The molecule has 1 aromatic heterocycles. The first-order valence-corrected chi connectivity index (χ1v) is 6.28. The molecule has 19 heavy (non-hydrogen) atoms.